The maximum absolute atomic E-state index is 13.4. The molecule has 1 aromatic heterocycles. The second kappa shape index (κ2) is 6.83. The molecule has 0 radical (unpaired) electrons. The first-order valence-corrected chi connectivity index (χ1v) is 8.75. The summed E-state index contributed by atoms with van der Waals surface area (Å²) in [6, 6.07) is 16.1. The predicted octanol–water partition coefficient (Wildman–Crippen LogP) is 5.35. The third-order valence-electron chi connectivity index (χ3n) is 4.87. The molecule has 1 aliphatic carbocycles. The molecule has 1 saturated carbocycles. The van der Waals surface area contributed by atoms with E-state index >= 15 is 0 Å². The average molecular weight is 363 g/mol. The molecule has 0 aliphatic heterocycles. The first-order chi connectivity index (χ1) is 13.0. The minimum absolute atomic E-state index is 0.148. The summed E-state index contributed by atoms with van der Waals surface area (Å²) in [4.78, 5) is 16.0. The van der Waals surface area contributed by atoms with Crippen molar-refractivity contribution in [1.82, 2.24) is 0 Å². The molecule has 0 bridgehead atoms. The molecule has 1 heterocycles. The highest BCUT2D eigenvalue weighted by Gasteiger charge is 2.42. The highest BCUT2D eigenvalue weighted by atomic mass is 19.1. The van der Waals surface area contributed by atoms with E-state index in [0.717, 1.165) is 17.7 Å². The van der Waals surface area contributed by atoms with Crippen LogP contribution in [0.2, 0.25) is 0 Å². The van der Waals surface area contributed by atoms with Crippen LogP contribution in [0.4, 0.5) is 10.1 Å². The lowest BCUT2D eigenvalue weighted by Gasteiger charge is -2.08. The lowest BCUT2D eigenvalue weighted by molar-refractivity contribution is 0.0663. The minimum atomic E-state index is -1.16. The van der Waals surface area contributed by atoms with Gasteiger partial charge in [0.1, 0.15) is 11.5 Å². The molecule has 4 rings (SSSR count). The quantitative estimate of drug-likeness (QED) is 0.622. The van der Waals surface area contributed by atoms with E-state index in [1.54, 1.807) is 12.1 Å². The van der Waals surface area contributed by atoms with Crippen molar-refractivity contribution in [2.45, 2.75) is 19.3 Å². The zero-order valence-electron chi connectivity index (χ0n) is 14.7. The van der Waals surface area contributed by atoms with E-state index in [1.165, 1.54) is 35.6 Å². The van der Waals surface area contributed by atoms with Crippen molar-refractivity contribution in [2.75, 3.05) is 0 Å². The van der Waals surface area contributed by atoms with Crippen LogP contribution in [-0.4, -0.2) is 16.8 Å². The summed E-state index contributed by atoms with van der Waals surface area (Å²) >= 11 is 0. The first-order valence-electron chi connectivity index (χ1n) is 8.75. The number of carboxylic acids is 1. The molecule has 136 valence electrons. The molecule has 2 aromatic carbocycles. The third kappa shape index (κ3) is 3.53. The van der Waals surface area contributed by atoms with Crippen LogP contribution in [0.25, 0.3) is 0 Å². The number of aryl methyl sites for hydroxylation is 1. The number of hydrogen-bond donors (Lipinski definition) is 1. The van der Waals surface area contributed by atoms with Gasteiger partial charge in [-0.2, -0.15) is 0 Å². The summed E-state index contributed by atoms with van der Waals surface area (Å²) in [7, 11) is 0. The SMILES string of the molecule is Cc1ccc(C2CC2C(=Nc2ccoc2C(=O)O)c2ccc(F)cc2)cc1. The van der Waals surface area contributed by atoms with E-state index in [2.05, 4.69) is 29.3 Å². The molecular formula is C22H18FNO3. The Morgan fingerprint density at radius 2 is 1.81 bits per heavy atom. The summed E-state index contributed by atoms with van der Waals surface area (Å²) in [5, 5.41) is 9.27. The van der Waals surface area contributed by atoms with Gasteiger partial charge in [0.2, 0.25) is 5.76 Å². The van der Waals surface area contributed by atoms with Gasteiger partial charge in [-0.3, -0.25) is 0 Å². The third-order valence-corrected chi connectivity index (χ3v) is 4.87. The molecule has 27 heavy (non-hydrogen) atoms. The Balaban J connectivity index is 1.72. The summed E-state index contributed by atoms with van der Waals surface area (Å²) in [5.41, 5.74) is 4.24. The fourth-order valence-corrected chi connectivity index (χ4v) is 3.34. The number of carbonyl (C=O) groups is 1. The standard InChI is InChI=1S/C22H18FNO3/c1-13-2-4-14(5-3-13)17-12-18(17)20(15-6-8-16(23)9-7-15)24-19-10-11-27-21(19)22(25)26/h2-11,17-18H,12H2,1H3,(H,25,26). The molecular weight excluding hydrogens is 345 g/mol. The first kappa shape index (κ1) is 17.2. The zero-order valence-corrected chi connectivity index (χ0v) is 14.7. The van der Waals surface area contributed by atoms with E-state index in [1.807, 2.05) is 6.92 Å². The Morgan fingerprint density at radius 1 is 1.11 bits per heavy atom. The van der Waals surface area contributed by atoms with Crippen molar-refractivity contribution in [3.63, 3.8) is 0 Å². The van der Waals surface area contributed by atoms with Gasteiger partial charge < -0.3 is 9.52 Å². The highest BCUT2D eigenvalue weighted by Crippen LogP contribution is 2.50. The van der Waals surface area contributed by atoms with E-state index in [9.17, 15) is 14.3 Å². The lowest BCUT2D eigenvalue weighted by atomic mass is 10.0. The van der Waals surface area contributed by atoms with Gasteiger partial charge in [-0.25, -0.2) is 14.2 Å². The monoisotopic (exact) mass is 363 g/mol. The van der Waals surface area contributed by atoms with Crippen LogP contribution < -0.4 is 0 Å². The van der Waals surface area contributed by atoms with Gasteiger partial charge >= 0.3 is 5.97 Å². The van der Waals surface area contributed by atoms with Crippen molar-refractivity contribution in [1.29, 1.82) is 0 Å². The van der Waals surface area contributed by atoms with Crippen molar-refractivity contribution in [2.24, 2.45) is 10.9 Å². The topological polar surface area (TPSA) is 62.8 Å². The van der Waals surface area contributed by atoms with E-state index in [4.69, 9.17) is 4.42 Å². The number of hydrogen-bond acceptors (Lipinski definition) is 3. The summed E-state index contributed by atoms with van der Waals surface area (Å²) < 4.78 is 18.4. The second-order valence-electron chi connectivity index (χ2n) is 6.80. The number of carboxylic acid groups (broad SMARTS) is 1. The molecule has 5 heteroatoms. The minimum Gasteiger partial charge on any atom is -0.475 e. The summed E-state index contributed by atoms with van der Waals surface area (Å²) in [6.07, 6.45) is 2.23. The molecule has 4 nitrogen and oxygen atoms in total. The van der Waals surface area contributed by atoms with E-state index in [0.29, 0.717) is 5.92 Å². The predicted molar refractivity (Wildman–Crippen MR) is 100 cm³/mol. The zero-order chi connectivity index (χ0) is 19.0. The smallest absolute Gasteiger partial charge is 0.374 e. The van der Waals surface area contributed by atoms with Gasteiger partial charge in [-0.1, -0.05) is 42.0 Å². The van der Waals surface area contributed by atoms with Gasteiger partial charge in [0.15, 0.2) is 0 Å². The van der Waals surface area contributed by atoms with Crippen LogP contribution in [-0.2, 0) is 0 Å². The normalized spacial score (nSPS) is 19.1. The van der Waals surface area contributed by atoms with Gasteiger partial charge in [-0.05, 0) is 42.5 Å². The molecule has 2 unspecified atom stereocenters. The van der Waals surface area contributed by atoms with Crippen molar-refractivity contribution in [3.05, 3.63) is 89.1 Å². The number of aromatic carboxylic acids is 1. The molecule has 0 saturated heterocycles. The molecule has 3 aromatic rings. The fourth-order valence-electron chi connectivity index (χ4n) is 3.34. The van der Waals surface area contributed by atoms with Gasteiger partial charge in [0.25, 0.3) is 0 Å². The number of benzene rings is 2. The Bertz CT molecular complexity index is 1000. The van der Waals surface area contributed by atoms with Gasteiger partial charge in [0, 0.05) is 12.0 Å². The molecule has 2 atom stereocenters. The molecule has 1 aliphatic rings. The van der Waals surface area contributed by atoms with Crippen molar-refractivity contribution < 1.29 is 18.7 Å². The van der Waals surface area contributed by atoms with Crippen LogP contribution in [0.15, 0.2) is 70.3 Å². The van der Waals surface area contributed by atoms with Gasteiger partial charge in [-0.15, -0.1) is 0 Å². The van der Waals surface area contributed by atoms with Crippen molar-refractivity contribution in [3.8, 4) is 0 Å². The van der Waals surface area contributed by atoms with E-state index in [-0.39, 0.29) is 23.2 Å². The van der Waals surface area contributed by atoms with E-state index < -0.39 is 5.97 Å². The molecule has 1 N–H and O–H groups in total. The second-order valence-corrected chi connectivity index (χ2v) is 6.80. The maximum Gasteiger partial charge on any atom is 0.374 e. The number of aliphatic imine (C=N–C) groups is 1. The Hall–Kier alpha value is -3.21. The van der Waals surface area contributed by atoms with Crippen LogP contribution in [0.3, 0.4) is 0 Å². The number of halogens is 1. The highest BCUT2D eigenvalue weighted by molar-refractivity contribution is 6.06. The molecule has 0 spiro atoms. The average Bonchev–Trinajstić information content (AvgIpc) is 3.29. The Kier molecular flexibility index (Phi) is 4.36. The summed E-state index contributed by atoms with van der Waals surface area (Å²) in [5.74, 6) is -1.21. The summed E-state index contributed by atoms with van der Waals surface area (Å²) in [6.45, 7) is 2.05. The van der Waals surface area contributed by atoms with Crippen LogP contribution in [0, 0.1) is 18.7 Å². The van der Waals surface area contributed by atoms with Crippen LogP contribution >= 0.6 is 0 Å². The largest absolute Gasteiger partial charge is 0.475 e. The van der Waals surface area contributed by atoms with Gasteiger partial charge in [0.05, 0.1) is 12.0 Å². The Labute approximate surface area is 156 Å². The maximum atomic E-state index is 13.4. The molecule has 1 fully saturated rings. The van der Waals surface area contributed by atoms with Crippen LogP contribution in [0.5, 0.6) is 0 Å². The number of nitrogens with zero attached hydrogens (tertiary/aromatic N) is 1. The Morgan fingerprint density at radius 3 is 2.48 bits per heavy atom. The van der Waals surface area contributed by atoms with Crippen molar-refractivity contribution >= 4 is 17.4 Å². The lowest BCUT2D eigenvalue weighted by Crippen LogP contribution is -2.06. The molecule has 0 amide bonds. The fraction of sp³-hybridized carbons (Fsp3) is 0.182. The number of rotatable bonds is 5. The van der Waals surface area contributed by atoms with Crippen LogP contribution in [0.1, 0.15) is 39.6 Å². The number of furan rings is 1.